The number of ether oxygens (including phenoxy) is 2. The highest BCUT2D eigenvalue weighted by molar-refractivity contribution is 9.10. The van der Waals surface area contributed by atoms with Crippen LogP contribution < -0.4 is 14.8 Å². The summed E-state index contributed by atoms with van der Waals surface area (Å²) in [5.41, 5.74) is 2.75. The van der Waals surface area contributed by atoms with Crippen molar-refractivity contribution in [3.05, 3.63) is 57.6 Å². The van der Waals surface area contributed by atoms with Crippen molar-refractivity contribution in [2.24, 2.45) is 0 Å². The number of amides is 1. The van der Waals surface area contributed by atoms with Gasteiger partial charge < -0.3 is 14.8 Å². The van der Waals surface area contributed by atoms with Gasteiger partial charge in [-0.25, -0.2) is 0 Å². The largest absolute Gasteiger partial charge is 0.490 e. The first-order chi connectivity index (χ1) is 12.0. The molecule has 0 fully saturated rings. The number of carbonyl (C=O) groups excluding carboxylic acids is 1. The first-order valence-electron chi connectivity index (χ1n) is 8.48. The molecule has 4 nitrogen and oxygen atoms in total. The lowest BCUT2D eigenvalue weighted by atomic mass is 10.1. The highest BCUT2D eigenvalue weighted by atomic mass is 79.9. The van der Waals surface area contributed by atoms with Crippen LogP contribution in [-0.4, -0.2) is 25.7 Å². The van der Waals surface area contributed by atoms with Gasteiger partial charge in [-0.2, -0.15) is 0 Å². The molecule has 134 valence electrons. The second kappa shape index (κ2) is 9.47. The summed E-state index contributed by atoms with van der Waals surface area (Å²) < 4.78 is 12.2. The van der Waals surface area contributed by atoms with E-state index in [2.05, 4.69) is 21.2 Å². The lowest BCUT2D eigenvalue weighted by Crippen LogP contribution is -2.26. The minimum Gasteiger partial charge on any atom is -0.490 e. The van der Waals surface area contributed by atoms with Gasteiger partial charge in [0.25, 0.3) is 5.91 Å². The molecular formula is C20H24BrNO3. The summed E-state index contributed by atoms with van der Waals surface area (Å²) in [6.45, 7) is 7.58. The zero-order valence-corrected chi connectivity index (χ0v) is 16.5. The summed E-state index contributed by atoms with van der Waals surface area (Å²) in [5.74, 6) is 1.44. The van der Waals surface area contributed by atoms with E-state index in [1.807, 2.05) is 57.2 Å². The Morgan fingerprint density at radius 2 is 1.76 bits per heavy atom. The topological polar surface area (TPSA) is 47.6 Å². The number of halogens is 1. The third kappa shape index (κ3) is 5.49. The first-order valence-corrected chi connectivity index (χ1v) is 9.27. The molecule has 2 aromatic rings. The zero-order valence-electron chi connectivity index (χ0n) is 14.9. The van der Waals surface area contributed by atoms with Gasteiger partial charge in [0.05, 0.1) is 13.2 Å². The molecule has 0 saturated carbocycles. The van der Waals surface area contributed by atoms with Crippen LogP contribution in [0.25, 0.3) is 0 Å². The Morgan fingerprint density at radius 3 is 2.44 bits per heavy atom. The smallest absolute Gasteiger partial charge is 0.251 e. The van der Waals surface area contributed by atoms with Gasteiger partial charge in [-0.15, -0.1) is 0 Å². The van der Waals surface area contributed by atoms with E-state index >= 15 is 0 Å². The third-order valence-electron chi connectivity index (χ3n) is 3.74. The van der Waals surface area contributed by atoms with Crippen molar-refractivity contribution in [1.82, 2.24) is 5.32 Å². The fourth-order valence-electron chi connectivity index (χ4n) is 2.55. The van der Waals surface area contributed by atoms with Gasteiger partial charge in [0.1, 0.15) is 0 Å². The van der Waals surface area contributed by atoms with Crippen LogP contribution in [0.4, 0.5) is 0 Å². The quantitative estimate of drug-likeness (QED) is 0.701. The molecular weight excluding hydrogens is 382 g/mol. The molecule has 0 saturated heterocycles. The van der Waals surface area contributed by atoms with Crippen LogP contribution in [0.2, 0.25) is 0 Å². The van der Waals surface area contributed by atoms with Crippen LogP contribution in [0.1, 0.15) is 35.3 Å². The van der Waals surface area contributed by atoms with Crippen molar-refractivity contribution in [1.29, 1.82) is 0 Å². The van der Waals surface area contributed by atoms with Crippen molar-refractivity contribution >= 4 is 21.8 Å². The highest BCUT2D eigenvalue weighted by Gasteiger charge is 2.10. The normalized spacial score (nSPS) is 10.4. The van der Waals surface area contributed by atoms with E-state index < -0.39 is 0 Å². The number of hydrogen-bond donors (Lipinski definition) is 1. The van der Waals surface area contributed by atoms with Gasteiger partial charge in [0.2, 0.25) is 0 Å². The molecule has 0 radical (unpaired) electrons. The maximum Gasteiger partial charge on any atom is 0.251 e. The standard InChI is InChI=1S/C20H24BrNO3/c1-4-24-18-9-6-15(13-19(18)25-5-2)10-11-22-20(23)17-8-7-16(21)12-14(17)3/h6-9,12-13H,4-5,10-11H2,1-3H3,(H,22,23). The molecule has 0 atom stereocenters. The van der Waals surface area contributed by atoms with Gasteiger partial charge in [-0.05, 0) is 68.7 Å². The van der Waals surface area contributed by atoms with Gasteiger partial charge in [0.15, 0.2) is 11.5 Å². The van der Waals surface area contributed by atoms with Gasteiger partial charge in [-0.1, -0.05) is 22.0 Å². The number of hydrogen-bond acceptors (Lipinski definition) is 3. The van der Waals surface area contributed by atoms with Crippen LogP contribution in [0.5, 0.6) is 11.5 Å². The molecule has 0 aromatic heterocycles. The molecule has 0 aliphatic rings. The predicted octanol–water partition coefficient (Wildman–Crippen LogP) is 4.53. The summed E-state index contributed by atoms with van der Waals surface area (Å²) >= 11 is 3.41. The monoisotopic (exact) mass is 405 g/mol. The molecule has 0 unspecified atom stereocenters. The number of carbonyl (C=O) groups is 1. The van der Waals surface area contributed by atoms with Crippen molar-refractivity contribution < 1.29 is 14.3 Å². The molecule has 25 heavy (non-hydrogen) atoms. The minimum absolute atomic E-state index is 0.0547. The highest BCUT2D eigenvalue weighted by Crippen LogP contribution is 2.28. The number of benzene rings is 2. The Hall–Kier alpha value is -2.01. The second-order valence-corrected chi connectivity index (χ2v) is 6.53. The molecule has 0 aliphatic heterocycles. The number of nitrogens with one attached hydrogen (secondary N) is 1. The Balaban J connectivity index is 1.96. The Labute approximate surface area is 157 Å². The van der Waals surface area contributed by atoms with Crippen LogP contribution in [0.3, 0.4) is 0 Å². The van der Waals surface area contributed by atoms with E-state index in [0.717, 1.165) is 33.5 Å². The van der Waals surface area contributed by atoms with E-state index in [4.69, 9.17) is 9.47 Å². The molecule has 1 N–H and O–H groups in total. The molecule has 0 heterocycles. The Morgan fingerprint density at radius 1 is 1.04 bits per heavy atom. The molecule has 2 aromatic carbocycles. The molecule has 0 bridgehead atoms. The second-order valence-electron chi connectivity index (χ2n) is 5.61. The fourth-order valence-corrected chi connectivity index (χ4v) is 3.02. The van der Waals surface area contributed by atoms with Crippen LogP contribution in [-0.2, 0) is 6.42 Å². The average Bonchev–Trinajstić information content (AvgIpc) is 2.57. The van der Waals surface area contributed by atoms with E-state index in [1.54, 1.807) is 0 Å². The lowest BCUT2D eigenvalue weighted by Gasteiger charge is -2.13. The molecule has 0 spiro atoms. The van der Waals surface area contributed by atoms with E-state index in [1.165, 1.54) is 0 Å². The van der Waals surface area contributed by atoms with E-state index in [0.29, 0.717) is 25.3 Å². The van der Waals surface area contributed by atoms with Gasteiger partial charge >= 0.3 is 0 Å². The molecule has 0 aliphatic carbocycles. The van der Waals surface area contributed by atoms with Crippen LogP contribution >= 0.6 is 15.9 Å². The fraction of sp³-hybridized carbons (Fsp3) is 0.350. The van der Waals surface area contributed by atoms with E-state index in [9.17, 15) is 4.79 Å². The van der Waals surface area contributed by atoms with Crippen molar-refractivity contribution in [3.63, 3.8) is 0 Å². The Bertz CT molecular complexity index is 731. The van der Waals surface area contributed by atoms with Crippen LogP contribution in [0, 0.1) is 6.92 Å². The maximum atomic E-state index is 12.3. The summed E-state index contributed by atoms with van der Waals surface area (Å²) in [6.07, 6.45) is 0.730. The summed E-state index contributed by atoms with van der Waals surface area (Å²) in [5, 5.41) is 2.97. The summed E-state index contributed by atoms with van der Waals surface area (Å²) in [4.78, 5) is 12.3. The van der Waals surface area contributed by atoms with Crippen molar-refractivity contribution in [2.75, 3.05) is 19.8 Å². The van der Waals surface area contributed by atoms with Crippen LogP contribution in [0.15, 0.2) is 40.9 Å². The SMILES string of the molecule is CCOc1ccc(CCNC(=O)c2ccc(Br)cc2C)cc1OCC. The molecule has 5 heteroatoms. The maximum absolute atomic E-state index is 12.3. The molecule has 2 rings (SSSR count). The third-order valence-corrected chi connectivity index (χ3v) is 4.23. The van der Waals surface area contributed by atoms with Crippen molar-refractivity contribution in [2.45, 2.75) is 27.2 Å². The summed E-state index contributed by atoms with van der Waals surface area (Å²) in [6, 6.07) is 11.6. The minimum atomic E-state index is -0.0547. The zero-order chi connectivity index (χ0) is 18.2. The first kappa shape index (κ1) is 19.3. The lowest BCUT2D eigenvalue weighted by molar-refractivity contribution is 0.0953. The van der Waals surface area contributed by atoms with Gasteiger partial charge in [0, 0.05) is 16.6 Å². The summed E-state index contributed by atoms with van der Waals surface area (Å²) in [7, 11) is 0. The Kier molecular flexibility index (Phi) is 7.31. The van der Waals surface area contributed by atoms with E-state index in [-0.39, 0.29) is 5.91 Å². The van der Waals surface area contributed by atoms with Gasteiger partial charge in [-0.3, -0.25) is 4.79 Å². The number of rotatable bonds is 8. The average molecular weight is 406 g/mol. The number of aryl methyl sites for hydroxylation is 1. The van der Waals surface area contributed by atoms with Crippen molar-refractivity contribution in [3.8, 4) is 11.5 Å². The predicted molar refractivity (Wildman–Crippen MR) is 104 cm³/mol. The molecule has 1 amide bonds.